The molecule has 1 aliphatic heterocycles. The van der Waals surface area contributed by atoms with Crippen molar-refractivity contribution in [3.8, 4) is 0 Å². The second kappa shape index (κ2) is 7.11. The third kappa shape index (κ3) is 3.74. The number of amides is 1. The Bertz CT molecular complexity index is 488. The van der Waals surface area contributed by atoms with Gasteiger partial charge in [0, 0.05) is 12.6 Å². The molecule has 1 N–H and O–H groups in total. The van der Waals surface area contributed by atoms with Crippen LogP contribution in [0.4, 0.5) is 4.79 Å². The first-order chi connectivity index (χ1) is 10.1. The number of carboxylic acids is 1. The van der Waals surface area contributed by atoms with Crippen molar-refractivity contribution in [3.05, 3.63) is 35.9 Å². The Labute approximate surface area is 124 Å². The van der Waals surface area contributed by atoms with Crippen LogP contribution in [0.1, 0.15) is 31.7 Å². The van der Waals surface area contributed by atoms with E-state index < -0.39 is 18.0 Å². The number of hydrogen-bond acceptors (Lipinski definition) is 3. The van der Waals surface area contributed by atoms with Crippen LogP contribution in [0.25, 0.3) is 0 Å². The number of likely N-dealkylation sites (tertiary alicyclic amines) is 1. The van der Waals surface area contributed by atoms with E-state index in [1.807, 2.05) is 37.3 Å². The first-order valence-corrected chi connectivity index (χ1v) is 7.33. The van der Waals surface area contributed by atoms with Gasteiger partial charge in [-0.05, 0) is 24.8 Å². The van der Waals surface area contributed by atoms with E-state index in [2.05, 4.69) is 0 Å². The van der Waals surface area contributed by atoms with E-state index in [1.54, 1.807) is 4.90 Å². The summed E-state index contributed by atoms with van der Waals surface area (Å²) in [6.07, 6.45) is 1.53. The van der Waals surface area contributed by atoms with Crippen molar-refractivity contribution in [2.45, 2.75) is 38.8 Å². The van der Waals surface area contributed by atoms with Crippen molar-refractivity contribution in [2.24, 2.45) is 5.92 Å². The van der Waals surface area contributed by atoms with E-state index in [1.165, 1.54) is 0 Å². The molecule has 2 atom stereocenters. The maximum atomic E-state index is 12.2. The highest BCUT2D eigenvalue weighted by Crippen LogP contribution is 2.27. The average molecular weight is 291 g/mol. The van der Waals surface area contributed by atoms with Crippen LogP contribution in [-0.2, 0) is 16.1 Å². The van der Waals surface area contributed by atoms with E-state index in [0.717, 1.165) is 5.56 Å². The molecule has 1 amide bonds. The molecule has 1 saturated heterocycles. The van der Waals surface area contributed by atoms with Crippen molar-refractivity contribution in [1.82, 2.24) is 4.90 Å². The molecule has 1 aromatic carbocycles. The van der Waals surface area contributed by atoms with Crippen LogP contribution >= 0.6 is 0 Å². The minimum absolute atomic E-state index is 0.213. The van der Waals surface area contributed by atoms with Gasteiger partial charge in [-0.1, -0.05) is 37.3 Å². The Morgan fingerprint density at radius 1 is 1.33 bits per heavy atom. The van der Waals surface area contributed by atoms with Crippen LogP contribution in [0.5, 0.6) is 0 Å². The second-order valence-electron chi connectivity index (χ2n) is 5.30. The highest BCUT2D eigenvalue weighted by atomic mass is 16.6. The molecular formula is C16H21NO4. The van der Waals surface area contributed by atoms with Crippen LogP contribution in [0.3, 0.4) is 0 Å². The molecule has 0 spiro atoms. The normalized spacial score (nSPS) is 21.9. The molecule has 1 fully saturated rings. The van der Waals surface area contributed by atoms with E-state index in [-0.39, 0.29) is 12.6 Å². The fourth-order valence-electron chi connectivity index (χ4n) is 2.88. The Morgan fingerprint density at radius 3 is 2.67 bits per heavy atom. The smallest absolute Gasteiger partial charge is 0.410 e. The molecule has 5 heteroatoms. The number of nitrogens with zero attached hydrogens (tertiary/aromatic N) is 1. The fraction of sp³-hybridized carbons (Fsp3) is 0.500. The first kappa shape index (κ1) is 15.4. The molecule has 0 radical (unpaired) electrons. The van der Waals surface area contributed by atoms with Gasteiger partial charge < -0.3 is 14.7 Å². The van der Waals surface area contributed by atoms with Gasteiger partial charge in [-0.15, -0.1) is 0 Å². The summed E-state index contributed by atoms with van der Waals surface area (Å²) in [5.74, 6) is -1.32. The first-order valence-electron chi connectivity index (χ1n) is 7.33. The number of carbonyl (C=O) groups excluding carboxylic acids is 1. The molecule has 5 nitrogen and oxygen atoms in total. The molecule has 21 heavy (non-hydrogen) atoms. The lowest BCUT2D eigenvalue weighted by molar-refractivity contribution is -0.145. The molecule has 0 unspecified atom stereocenters. The highest BCUT2D eigenvalue weighted by Gasteiger charge is 2.37. The third-order valence-electron chi connectivity index (χ3n) is 3.95. The van der Waals surface area contributed by atoms with Crippen molar-refractivity contribution in [1.29, 1.82) is 0 Å². The molecule has 0 bridgehead atoms. The van der Waals surface area contributed by atoms with Gasteiger partial charge in [0.05, 0.1) is 5.92 Å². The largest absolute Gasteiger partial charge is 0.481 e. The number of hydrogen-bond donors (Lipinski definition) is 1. The van der Waals surface area contributed by atoms with Gasteiger partial charge in [-0.25, -0.2) is 4.79 Å². The van der Waals surface area contributed by atoms with Gasteiger partial charge in [0.15, 0.2) is 0 Å². The summed E-state index contributed by atoms with van der Waals surface area (Å²) in [6.45, 7) is 2.68. The predicted molar refractivity (Wildman–Crippen MR) is 77.8 cm³/mol. The van der Waals surface area contributed by atoms with Gasteiger partial charge in [0.25, 0.3) is 0 Å². The van der Waals surface area contributed by atoms with Gasteiger partial charge in [0.1, 0.15) is 6.61 Å². The zero-order valence-corrected chi connectivity index (χ0v) is 12.2. The Morgan fingerprint density at radius 2 is 2.05 bits per heavy atom. The summed E-state index contributed by atoms with van der Waals surface area (Å²) in [6, 6.07) is 9.18. The van der Waals surface area contributed by atoms with Gasteiger partial charge in [-0.2, -0.15) is 0 Å². The number of carboxylic acid groups (broad SMARTS) is 1. The number of ether oxygens (including phenoxy) is 1. The molecular weight excluding hydrogens is 270 g/mol. The molecule has 1 aliphatic rings. The third-order valence-corrected chi connectivity index (χ3v) is 3.95. The predicted octanol–water partition coefficient (Wildman–Crippen LogP) is 2.90. The zero-order valence-electron chi connectivity index (χ0n) is 12.2. The quantitative estimate of drug-likeness (QED) is 0.926. The summed E-state index contributed by atoms with van der Waals surface area (Å²) in [7, 11) is 0. The standard InChI is InChI=1S/C16H21NO4/c1-2-14-13(15(18)19)9-6-10-17(14)16(20)21-11-12-7-4-3-5-8-12/h3-5,7-8,13-14H,2,6,9-11H2,1H3,(H,18,19)/t13-,14-/m1/s1. The van der Waals surface area contributed by atoms with Crippen molar-refractivity contribution in [3.63, 3.8) is 0 Å². The number of rotatable bonds is 4. The molecule has 114 valence electrons. The van der Waals surface area contributed by atoms with E-state index in [0.29, 0.717) is 25.8 Å². The Hall–Kier alpha value is -2.04. The fourth-order valence-corrected chi connectivity index (χ4v) is 2.88. The van der Waals surface area contributed by atoms with Crippen LogP contribution < -0.4 is 0 Å². The number of piperidine rings is 1. The van der Waals surface area contributed by atoms with Gasteiger partial charge >= 0.3 is 12.1 Å². The monoisotopic (exact) mass is 291 g/mol. The lowest BCUT2D eigenvalue weighted by Gasteiger charge is -2.38. The molecule has 1 aromatic rings. The summed E-state index contributed by atoms with van der Waals surface area (Å²) in [5, 5.41) is 9.27. The average Bonchev–Trinajstić information content (AvgIpc) is 2.52. The topological polar surface area (TPSA) is 66.8 Å². The number of carbonyl (C=O) groups is 2. The highest BCUT2D eigenvalue weighted by molar-refractivity contribution is 5.74. The van der Waals surface area contributed by atoms with Crippen LogP contribution in [-0.4, -0.2) is 34.7 Å². The minimum atomic E-state index is -0.831. The lowest BCUT2D eigenvalue weighted by Crippen LogP contribution is -2.50. The van der Waals surface area contributed by atoms with Crippen molar-refractivity contribution in [2.75, 3.05) is 6.54 Å². The Kier molecular flexibility index (Phi) is 5.20. The SMILES string of the molecule is CC[C@@H]1[C@H](C(=O)O)CCCN1C(=O)OCc1ccccc1. The maximum Gasteiger partial charge on any atom is 0.410 e. The molecule has 0 saturated carbocycles. The van der Waals surface area contributed by atoms with E-state index >= 15 is 0 Å². The van der Waals surface area contributed by atoms with Gasteiger partial charge in [0.2, 0.25) is 0 Å². The van der Waals surface area contributed by atoms with E-state index in [9.17, 15) is 14.7 Å². The summed E-state index contributed by atoms with van der Waals surface area (Å²) in [5.41, 5.74) is 0.922. The summed E-state index contributed by atoms with van der Waals surface area (Å²) < 4.78 is 5.32. The minimum Gasteiger partial charge on any atom is -0.481 e. The van der Waals surface area contributed by atoms with Crippen LogP contribution in [0.2, 0.25) is 0 Å². The summed E-state index contributed by atoms with van der Waals surface area (Å²) in [4.78, 5) is 25.1. The Balaban J connectivity index is 1.98. The maximum absolute atomic E-state index is 12.2. The number of aliphatic carboxylic acids is 1. The lowest BCUT2D eigenvalue weighted by atomic mass is 9.88. The number of benzene rings is 1. The zero-order chi connectivity index (χ0) is 15.2. The van der Waals surface area contributed by atoms with Crippen molar-refractivity contribution < 1.29 is 19.4 Å². The van der Waals surface area contributed by atoms with E-state index in [4.69, 9.17) is 4.74 Å². The molecule has 1 heterocycles. The summed E-state index contributed by atoms with van der Waals surface area (Å²) >= 11 is 0. The van der Waals surface area contributed by atoms with Crippen LogP contribution in [0.15, 0.2) is 30.3 Å². The molecule has 2 rings (SSSR count). The van der Waals surface area contributed by atoms with Crippen LogP contribution in [0, 0.1) is 5.92 Å². The molecule has 0 aromatic heterocycles. The van der Waals surface area contributed by atoms with Gasteiger partial charge in [-0.3, -0.25) is 4.79 Å². The van der Waals surface area contributed by atoms with Crippen molar-refractivity contribution >= 4 is 12.1 Å². The molecule has 0 aliphatic carbocycles. The second-order valence-corrected chi connectivity index (χ2v) is 5.30.